The van der Waals surface area contributed by atoms with E-state index in [0.29, 0.717) is 17.3 Å². The molecule has 2 aromatic rings. The minimum absolute atomic E-state index is 0.475. The van der Waals surface area contributed by atoms with E-state index in [9.17, 15) is 0 Å². The number of hydrogen-bond donors (Lipinski definition) is 2. The lowest BCUT2D eigenvalue weighted by Gasteiger charge is -1.94. The van der Waals surface area contributed by atoms with Gasteiger partial charge in [-0.3, -0.25) is 10.2 Å². The highest BCUT2D eigenvalue weighted by Gasteiger charge is 2.31. The van der Waals surface area contributed by atoms with Gasteiger partial charge in [0.05, 0.1) is 17.2 Å². The second kappa shape index (κ2) is 4.32. The number of nitrogens with zero attached hydrogens (tertiary/aromatic N) is 2. The van der Waals surface area contributed by atoms with E-state index in [1.165, 1.54) is 12.8 Å². The normalized spacial score (nSPS) is 15.4. The second-order valence-electron chi connectivity index (χ2n) is 4.04. The van der Waals surface area contributed by atoms with Crippen molar-refractivity contribution in [2.45, 2.75) is 25.4 Å². The number of H-pyrrole nitrogens is 2. The average molecular weight is 268 g/mol. The van der Waals surface area contributed by atoms with Crippen LogP contribution in [0, 0.1) is 4.77 Å². The zero-order valence-corrected chi connectivity index (χ0v) is 11.0. The van der Waals surface area contributed by atoms with Crippen molar-refractivity contribution in [2.24, 2.45) is 0 Å². The van der Waals surface area contributed by atoms with Gasteiger partial charge in [0.25, 0.3) is 0 Å². The fourth-order valence-corrected chi connectivity index (χ4v) is 2.95. The van der Waals surface area contributed by atoms with Crippen molar-refractivity contribution in [1.82, 2.24) is 20.2 Å². The molecule has 2 N–H and O–H groups in total. The van der Waals surface area contributed by atoms with E-state index in [-0.39, 0.29) is 0 Å². The average Bonchev–Trinajstić information content (AvgIpc) is 2.93. The molecule has 1 aliphatic carbocycles. The molecule has 3 rings (SSSR count). The lowest BCUT2D eigenvalue weighted by Crippen LogP contribution is -1.88. The Kier molecular flexibility index (Phi) is 2.81. The summed E-state index contributed by atoms with van der Waals surface area (Å²) in [7, 11) is 1.68. The molecule has 1 aliphatic rings. The van der Waals surface area contributed by atoms with Gasteiger partial charge in [0.2, 0.25) is 4.77 Å². The minimum atomic E-state index is 0.475. The van der Waals surface area contributed by atoms with Crippen LogP contribution < -0.4 is 0 Å². The van der Waals surface area contributed by atoms with Crippen molar-refractivity contribution >= 4 is 23.6 Å². The molecule has 0 amide bonds. The Morgan fingerprint density at radius 2 is 2.24 bits per heavy atom. The van der Waals surface area contributed by atoms with Crippen LogP contribution in [-0.4, -0.2) is 27.3 Å². The van der Waals surface area contributed by atoms with Gasteiger partial charge in [-0.25, -0.2) is 4.98 Å². The minimum Gasteiger partial charge on any atom is -0.378 e. The maximum Gasteiger partial charge on any atom is 0.213 e. The fourth-order valence-electron chi connectivity index (χ4n) is 1.74. The first kappa shape index (κ1) is 11.1. The predicted molar refractivity (Wildman–Crippen MR) is 67.6 cm³/mol. The highest BCUT2D eigenvalue weighted by Crippen LogP contribution is 2.45. The molecule has 90 valence electrons. The van der Waals surface area contributed by atoms with Gasteiger partial charge in [0, 0.05) is 13.0 Å². The molecule has 7 heteroatoms. The third kappa shape index (κ3) is 2.18. The molecule has 2 heterocycles. The van der Waals surface area contributed by atoms with E-state index in [1.54, 1.807) is 18.4 Å². The van der Waals surface area contributed by atoms with Gasteiger partial charge in [0.1, 0.15) is 5.01 Å². The van der Waals surface area contributed by atoms with Gasteiger partial charge in [0.15, 0.2) is 5.82 Å². The van der Waals surface area contributed by atoms with E-state index in [4.69, 9.17) is 17.0 Å². The van der Waals surface area contributed by atoms with E-state index in [2.05, 4.69) is 20.2 Å². The lowest BCUT2D eigenvalue weighted by molar-refractivity contribution is 0.184. The highest BCUT2D eigenvalue weighted by atomic mass is 32.1. The molecule has 17 heavy (non-hydrogen) atoms. The molecule has 0 atom stereocenters. The highest BCUT2D eigenvalue weighted by molar-refractivity contribution is 7.71. The molecule has 0 aliphatic heterocycles. The molecule has 5 nitrogen and oxygen atoms in total. The van der Waals surface area contributed by atoms with Gasteiger partial charge < -0.3 is 4.74 Å². The molecule has 1 saturated carbocycles. The Hall–Kier alpha value is -1.05. The molecule has 0 radical (unpaired) electrons. The summed E-state index contributed by atoms with van der Waals surface area (Å²) in [5.74, 6) is 1.38. The Labute approximate surface area is 107 Å². The van der Waals surface area contributed by atoms with Crippen molar-refractivity contribution < 1.29 is 4.74 Å². The molecule has 1 fully saturated rings. The number of thiazole rings is 1. The maximum absolute atomic E-state index is 5.13. The van der Waals surface area contributed by atoms with Crippen LogP contribution in [0.15, 0.2) is 0 Å². The van der Waals surface area contributed by atoms with Gasteiger partial charge in [-0.2, -0.15) is 4.98 Å². The van der Waals surface area contributed by atoms with Crippen molar-refractivity contribution in [3.8, 4) is 10.7 Å². The summed E-state index contributed by atoms with van der Waals surface area (Å²) < 4.78 is 5.60. The molecule has 0 bridgehead atoms. The molecular weight excluding hydrogens is 256 g/mol. The molecule has 0 aromatic carbocycles. The smallest absolute Gasteiger partial charge is 0.213 e. The first-order chi connectivity index (χ1) is 8.28. The molecular formula is C10H12N4OS2. The Balaban J connectivity index is 2.04. The van der Waals surface area contributed by atoms with Crippen LogP contribution in [0.1, 0.15) is 29.5 Å². The largest absolute Gasteiger partial charge is 0.378 e. The first-order valence-electron chi connectivity index (χ1n) is 5.41. The van der Waals surface area contributed by atoms with E-state index in [0.717, 1.165) is 21.4 Å². The number of aromatic amines is 2. The third-order valence-corrected chi connectivity index (χ3v) is 3.89. The number of rotatable bonds is 4. The third-order valence-electron chi connectivity index (χ3n) is 2.65. The van der Waals surface area contributed by atoms with Crippen LogP contribution in [0.4, 0.5) is 0 Å². The van der Waals surface area contributed by atoms with Gasteiger partial charge in [-0.1, -0.05) is 0 Å². The topological polar surface area (TPSA) is 66.6 Å². The predicted octanol–water partition coefficient (Wildman–Crippen LogP) is 2.61. The van der Waals surface area contributed by atoms with E-state index in [1.807, 2.05) is 0 Å². The Morgan fingerprint density at radius 3 is 2.82 bits per heavy atom. The Morgan fingerprint density at radius 1 is 1.41 bits per heavy atom. The maximum atomic E-state index is 5.13. The van der Waals surface area contributed by atoms with Crippen molar-refractivity contribution in [3.05, 3.63) is 15.5 Å². The first-order valence-corrected chi connectivity index (χ1v) is 6.64. The molecule has 0 spiro atoms. The van der Waals surface area contributed by atoms with Crippen LogP contribution in [0.2, 0.25) is 0 Å². The van der Waals surface area contributed by atoms with Gasteiger partial charge >= 0.3 is 0 Å². The number of methoxy groups -OCH3 is 1. The monoisotopic (exact) mass is 268 g/mol. The SMILES string of the molecule is COCc1nc(C2CC2)c(-c2nc(=S)[nH][nH]2)s1. The Bertz CT molecular complexity index is 581. The number of hydrogen-bond acceptors (Lipinski definition) is 5. The van der Waals surface area contributed by atoms with Crippen LogP contribution in [0.5, 0.6) is 0 Å². The fraction of sp³-hybridized carbons (Fsp3) is 0.500. The number of nitrogens with one attached hydrogen (secondary N) is 2. The van der Waals surface area contributed by atoms with E-state index < -0.39 is 0 Å². The number of aromatic nitrogens is 4. The summed E-state index contributed by atoms with van der Waals surface area (Å²) in [4.78, 5) is 9.98. The van der Waals surface area contributed by atoms with Crippen LogP contribution >= 0.6 is 23.6 Å². The second-order valence-corrected chi connectivity index (χ2v) is 5.52. The standard InChI is InChI=1S/C10H12N4OS2/c1-15-4-6-11-7(5-2-3-5)8(17-6)9-12-10(16)14-13-9/h5H,2-4H2,1H3,(H2,12,13,14,16). The quantitative estimate of drug-likeness (QED) is 0.836. The number of ether oxygens (including phenoxy) is 1. The zero-order valence-electron chi connectivity index (χ0n) is 9.32. The zero-order chi connectivity index (χ0) is 11.8. The van der Waals surface area contributed by atoms with Crippen molar-refractivity contribution in [1.29, 1.82) is 0 Å². The van der Waals surface area contributed by atoms with Crippen LogP contribution in [0.25, 0.3) is 10.7 Å². The lowest BCUT2D eigenvalue weighted by atomic mass is 10.2. The van der Waals surface area contributed by atoms with Crippen molar-refractivity contribution in [2.75, 3.05) is 7.11 Å². The van der Waals surface area contributed by atoms with Crippen LogP contribution in [-0.2, 0) is 11.3 Å². The summed E-state index contributed by atoms with van der Waals surface area (Å²) in [6.45, 7) is 0.551. The molecule has 0 saturated heterocycles. The van der Waals surface area contributed by atoms with Gasteiger partial charge in [-0.15, -0.1) is 11.3 Å². The molecule has 0 unspecified atom stereocenters. The summed E-state index contributed by atoms with van der Waals surface area (Å²) in [6.07, 6.45) is 2.43. The summed E-state index contributed by atoms with van der Waals surface area (Å²) >= 11 is 6.60. The summed E-state index contributed by atoms with van der Waals surface area (Å²) in [5, 5.41) is 6.80. The van der Waals surface area contributed by atoms with E-state index >= 15 is 0 Å². The van der Waals surface area contributed by atoms with Gasteiger partial charge in [-0.05, 0) is 25.1 Å². The summed E-state index contributed by atoms with van der Waals surface area (Å²) in [5.41, 5.74) is 1.14. The molecule has 2 aromatic heterocycles. The van der Waals surface area contributed by atoms with Crippen molar-refractivity contribution in [3.63, 3.8) is 0 Å². The van der Waals surface area contributed by atoms with Crippen LogP contribution in [0.3, 0.4) is 0 Å². The summed E-state index contributed by atoms with van der Waals surface area (Å²) in [6, 6.07) is 0.